The highest BCUT2D eigenvalue weighted by Gasteiger charge is 2.17. The van der Waals surface area contributed by atoms with E-state index in [1.165, 1.54) is 7.11 Å². The molecule has 2 heterocycles. The second-order valence-electron chi connectivity index (χ2n) is 6.77. The normalized spacial score (nSPS) is 10.9. The molecule has 0 spiro atoms. The van der Waals surface area contributed by atoms with Crippen LogP contribution in [-0.4, -0.2) is 35.0 Å². The van der Waals surface area contributed by atoms with Gasteiger partial charge >= 0.3 is 5.97 Å². The summed E-state index contributed by atoms with van der Waals surface area (Å²) in [4.78, 5) is 28.4. The zero-order valence-corrected chi connectivity index (χ0v) is 17.5. The Bertz CT molecular complexity index is 1060. The Kier molecular flexibility index (Phi) is 6.54. The van der Waals surface area contributed by atoms with Gasteiger partial charge in [0.25, 0.3) is 0 Å². The number of benzene rings is 1. The van der Waals surface area contributed by atoms with Gasteiger partial charge in [0, 0.05) is 41.5 Å². The number of carbonyl (C=O) groups is 2. The van der Waals surface area contributed by atoms with E-state index in [1.54, 1.807) is 24.4 Å². The first-order chi connectivity index (χ1) is 13.9. The molecule has 0 saturated heterocycles. The fraction of sp³-hybridized carbons (Fsp3) is 0.318. The molecule has 6 nitrogen and oxygen atoms in total. The molecular weight excluding hydrogens is 392 g/mol. The third kappa shape index (κ3) is 4.59. The molecule has 0 saturated carbocycles. The van der Waals surface area contributed by atoms with Gasteiger partial charge in [-0.1, -0.05) is 11.6 Å². The molecular formula is C22H23ClN2O4. The Balaban J connectivity index is 1.71. The zero-order valence-electron chi connectivity index (χ0n) is 16.7. The number of aryl methyl sites for hydroxylation is 1. The van der Waals surface area contributed by atoms with Crippen molar-refractivity contribution >= 4 is 34.3 Å². The number of carbonyl (C=O) groups excluding carboxylic acids is 2. The molecule has 2 aromatic heterocycles. The summed E-state index contributed by atoms with van der Waals surface area (Å²) in [6, 6.07) is 8.98. The molecule has 3 aromatic rings. The molecule has 3 rings (SSSR count). The molecule has 0 aliphatic rings. The van der Waals surface area contributed by atoms with E-state index in [4.69, 9.17) is 16.3 Å². The van der Waals surface area contributed by atoms with Crippen LogP contribution in [0.15, 0.2) is 36.5 Å². The van der Waals surface area contributed by atoms with Gasteiger partial charge in [-0.2, -0.15) is 0 Å². The summed E-state index contributed by atoms with van der Waals surface area (Å²) in [6.07, 6.45) is 2.65. The van der Waals surface area contributed by atoms with Gasteiger partial charge in [-0.05, 0) is 50.6 Å². The van der Waals surface area contributed by atoms with Gasteiger partial charge in [0.05, 0.1) is 12.1 Å². The lowest BCUT2D eigenvalue weighted by molar-refractivity contribution is -0.140. The molecule has 0 N–H and O–H groups in total. The molecule has 0 amide bonds. The lowest BCUT2D eigenvalue weighted by Gasteiger charge is -2.10. The van der Waals surface area contributed by atoms with E-state index in [-0.39, 0.29) is 18.4 Å². The number of ketones is 1. The number of hydrogen-bond acceptors (Lipinski definition) is 5. The number of halogens is 1. The first kappa shape index (κ1) is 20.9. The average Bonchev–Trinajstić information content (AvgIpc) is 3.01. The quantitative estimate of drug-likeness (QED) is 0.400. The average molecular weight is 415 g/mol. The highest BCUT2D eigenvalue weighted by atomic mass is 35.5. The molecule has 0 aliphatic heterocycles. The molecule has 0 atom stereocenters. The predicted octanol–water partition coefficient (Wildman–Crippen LogP) is 4.52. The number of methoxy groups -OCH3 is 1. The minimum absolute atomic E-state index is 0.0975. The van der Waals surface area contributed by atoms with E-state index >= 15 is 0 Å². The minimum atomic E-state index is -0.235. The second kappa shape index (κ2) is 9.09. The molecule has 29 heavy (non-hydrogen) atoms. The number of nitrogens with zero attached hydrogens (tertiary/aromatic N) is 2. The van der Waals surface area contributed by atoms with Crippen molar-refractivity contribution in [2.45, 2.75) is 33.2 Å². The van der Waals surface area contributed by atoms with E-state index in [2.05, 4.69) is 9.72 Å². The van der Waals surface area contributed by atoms with Gasteiger partial charge in [-0.25, -0.2) is 0 Å². The number of hydrogen-bond donors (Lipinski definition) is 0. The topological polar surface area (TPSA) is 70.4 Å². The van der Waals surface area contributed by atoms with Crippen molar-refractivity contribution in [3.8, 4) is 5.75 Å². The third-order valence-electron chi connectivity index (χ3n) is 4.90. The summed E-state index contributed by atoms with van der Waals surface area (Å²) in [5.41, 5.74) is 3.07. The number of fused-ring (bicyclic) bond motifs is 1. The Hall–Kier alpha value is -2.86. The predicted molar refractivity (Wildman–Crippen MR) is 112 cm³/mol. The van der Waals surface area contributed by atoms with Crippen LogP contribution in [0.4, 0.5) is 0 Å². The maximum absolute atomic E-state index is 12.8. The first-order valence-corrected chi connectivity index (χ1v) is 9.73. The van der Waals surface area contributed by atoms with Crippen LogP contribution in [-0.2, 0) is 16.1 Å². The largest absolute Gasteiger partial charge is 0.483 e. The van der Waals surface area contributed by atoms with Crippen LogP contribution in [0.25, 0.3) is 10.9 Å². The molecule has 7 heteroatoms. The Labute approximate surface area is 174 Å². The van der Waals surface area contributed by atoms with Crippen molar-refractivity contribution in [3.05, 3.63) is 58.5 Å². The number of ether oxygens (including phenoxy) is 2. The molecule has 1 aromatic carbocycles. The molecule has 0 unspecified atom stereocenters. The first-order valence-electron chi connectivity index (χ1n) is 9.35. The van der Waals surface area contributed by atoms with Crippen LogP contribution in [0.2, 0.25) is 5.02 Å². The minimum Gasteiger partial charge on any atom is -0.483 e. The van der Waals surface area contributed by atoms with Crippen molar-refractivity contribution < 1.29 is 19.1 Å². The Morgan fingerprint density at radius 1 is 1.21 bits per heavy atom. The fourth-order valence-corrected chi connectivity index (χ4v) is 3.58. The molecule has 0 radical (unpaired) electrons. The standard InChI is InChI=1S/C22H23ClN2O4/c1-14-12-17(15(2)25(14)11-5-7-21(27)28-3)19(26)13-29-20-9-8-18(23)16-6-4-10-24-22(16)20/h4,6,8-10,12H,5,7,11,13H2,1-3H3. The zero-order chi connectivity index (χ0) is 21.0. The molecule has 0 fully saturated rings. The molecule has 0 aliphatic carbocycles. The lowest BCUT2D eigenvalue weighted by atomic mass is 10.1. The monoisotopic (exact) mass is 414 g/mol. The highest BCUT2D eigenvalue weighted by molar-refractivity contribution is 6.35. The van der Waals surface area contributed by atoms with E-state index in [9.17, 15) is 9.59 Å². The number of pyridine rings is 1. The summed E-state index contributed by atoms with van der Waals surface area (Å²) in [5, 5.41) is 1.37. The number of aromatic nitrogens is 2. The summed E-state index contributed by atoms with van der Waals surface area (Å²) < 4.78 is 12.5. The maximum atomic E-state index is 12.8. The van der Waals surface area contributed by atoms with Crippen LogP contribution >= 0.6 is 11.6 Å². The molecule has 0 bridgehead atoms. The number of rotatable bonds is 8. The van der Waals surface area contributed by atoms with E-state index in [0.29, 0.717) is 41.2 Å². The smallest absolute Gasteiger partial charge is 0.305 e. The van der Waals surface area contributed by atoms with Gasteiger partial charge < -0.3 is 14.0 Å². The molecule has 152 valence electrons. The van der Waals surface area contributed by atoms with E-state index in [1.807, 2.05) is 30.5 Å². The summed E-state index contributed by atoms with van der Waals surface area (Å²) in [7, 11) is 1.38. The number of esters is 1. The summed E-state index contributed by atoms with van der Waals surface area (Å²) in [6.45, 7) is 4.39. The third-order valence-corrected chi connectivity index (χ3v) is 5.23. The van der Waals surface area contributed by atoms with Crippen molar-refractivity contribution in [1.82, 2.24) is 9.55 Å². The number of Topliss-reactive ketones (excluding diaryl/α,β-unsaturated/α-hetero) is 1. The lowest BCUT2D eigenvalue weighted by Crippen LogP contribution is -2.13. The van der Waals surface area contributed by atoms with Gasteiger partial charge in [-0.15, -0.1) is 0 Å². The maximum Gasteiger partial charge on any atom is 0.305 e. The summed E-state index contributed by atoms with van der Waals surface area (Å²) >= 11 is 6.20. The van der Waals surface area contributed by atoms with Crippen LogP contribution in [0.3, 0.4) is 0 Å². The Morgan fingerprint density at radius 3 is 2.76 bits per heavy atom. The second-order valence-corrected chi connectivity index (χ2v) is 7.18. The van der Waals surface area contributed by atoms with Gasteiger partial charge in [0.15, 0.2) is 6.61 Å². The van der Waals surface area contributed by atoms with Gasteiger partial charge in [-0.3, -0.25) is 14.6 Å². The fourth-order valence-electron chi connectivity index (χ4n) is 3.36. The van der Waals surface area contributed by atoms with Crippen molar-refractivity contribution in [3.63, 3.8) is 0 Å². The van der Waals surface area contributed by atoms with Crippen LogP contribution in [0.1, 0.15) is 34.6 Å². The van der Waals surface area contributed by atoms with Crippen LogP contribution < -0.4 is 4.74 Å². The van der Waals surface area contributed by atoms with Gasteiger partial charge in [0.2, 0.25) is 5.78 Å². The Morgan fingerprint density at radius 2 is 2.00 bits per heavy atom. The van der Waals surface area contributed by atoms with Crippen molar-refractivity contribution in [1.29, 1.82) is 0 Å². The van der Waals surface area contributed by atoms with Crippen molar-refractivity contribution in [2.75, 3.05) is 13.7 Å². The summed E-state index contributed by atoms with van der Waals surface area (Å²) in [5.74, 6) is 0.169. The highest BCUT2D eigenvalue weighted by Crippen LogP contribution is 2.29. The van der Waals surface area contributed by atoms with Gasteiger partial charge in [0.1, 0.15) is 11.3 Å². The van der Waals surface area contributed by atoms with E-state index in [0.717, 1.165) is 16.8 Å². The van der Waals surface area contributed by atoms with Crippen LogP contribution in [0, 0.1) is 13.8 Å². The SMILES string of the molecule is COC(=O)CCCn1c(C)cc(C(=O)COc2ccc(Cl)c3cccnc23)c1C. The van der Waals surface area contributed by atoms with Crippen LogP contribution in [0.5, 0.6) is 5.75 Å². The van der Waals surface area contributed by atoms with Crippen molar-refractivity contribution in [2.24, 2.45) is 0 Å². The van der Waals surface area contributed by atoms with E-state index < -0.39 is 0 Å².